The fraction of sp³-hybridized carbons (Fsp3) is 0.357. The second kappa shape index (κ2) is 4.72. The predicted molar refractivity (Wildman–Crippen MR) is 67.8 cm³/mol. The molecule has 0 bridgehead atoms. The van der Waals surface area contributed by atoms with Crippen LogP contribution >= 0.6 is 0 Å². The molecule has 0 fully saturated rings. The third-order valence-electron chi connectivity index (χ3n) is 3.04. The molecule has 0 aromatic heterocycles. The van der Waals surface area contributed by atoms with Gasteiger partial charge in [0.15, 0.2) is 0 Å². The van der Waals surface area contributed by atoms with Crippen molar-refractivity contribution in [1.29, 1.82) is 0 Å². The third-order valence-corrected chi connectivity index (χ3v) is 3.04. The van der Waals surface area contributed by atoms with Crippen LogP contribution in [-0.2, 0) is 9.59 Å². The number of hydrogen-bond donors (Lipinski definition) is 0. The summed E-state index contributed by atoms with van der Waals surface area (Å²) in [5, 5.41) is 0. The van der Waals surface area contributed by atoms with Crippen molar-refractivity contribution in [3.05, 3.63) is 29.3 Å². The monoisotopic (exact) mass is 245 g/mol. The number of hydrogen-bond acceptors (Lipinski definition) is 3. The Morgan fingerprint density at radius 3 is 2.67 bits per heavy atom. The predicted octanol–water partition coefficient (Wildman–Crippen LogP) is 1.89. The maximum Gasteiger partial charge on any atom is 0.299 e. The summed E-state index contributed by atoms with van der Waals surface area (Å²) < 4.78 is 0. The first kappa shape index (κ1) is 12.5. The molecular formula is C14H15NO3. The Morgan fingerprint density at radius 2 is 2.00 bits per heavy atom. The summed E-state index contributed by atoms with van der Waals surface area (Å²) in [4.78, 5) is 36.0. The van der Waals surface area contributed by atoms with Crippen molar-refractivity contribution < 1.29 is 14.4 Å². The molecule has 0 N–H and O–H groups in total. The molecule has 1 aromatic rings. The van der Waals surface area contributed by atoms with E-state index in [-0.39, 0.29) is 5.78 Å². The summed E-state index contributed by atoms with van der Waals surface area (Å²) in [6.45, 7) is 3.82. The van der Waals surface area contributed by atoms with Crippen LogP contribution < -0.4 is 4.90 Å². The van der Waals surface area contributed by atoms with E-state index in [4.69, 9.17) is 0 Å². The van der Waals surface area contributed by atoms with Crippen LogP contribution in [0.5, 0.6) is 0 Å². The van der Waals surface area contributed by atoms with Gasteiger partial charge in [0.05, 0.1) is 11.3 Å². The van der Waals surface area contributed by atoms with Crippen molar-refractivity contribution in [2.45, 2.75) is 26.7 Å². The molecule has 2 rings (SSSR count). The number of rotatable bonds is 4. The van der Waals surface area contributed by atoms with Crippen LogP contribution in [0, 0.1) is 6.92 Å². The van der Waals surface area contributed by atoms with Gasteiger partial charge in [-0.1, -0.05) is 11.6 Å². The first-order valence-corrected chi connectivity index (χ1v) is 5.97. The van der Waals surface area contributed by atoms with Crippen molar-refractivity contribution in [3.63, 3.8) is 0 Å². The minimum Gasteiger partial charge on any atom is -0.305 e. The van der Waals surface area contributed by atoms with Crippen molar-refractivity contribution in [3.8, 4) is 0 Å². The lowest BCUT2D eigenvalue weighted by Crippen LogP contribution is -2.30. The van der Waals surface area contributed by atoms with Crippen molar-refractivity contribution in [2.24, 2.45) is 0 Å². The molecule has 4 nitrogen and oxygen atoms in total. The van der Waals surface area contributed by atoms with Crippen molar-refractivity contribution >= 4 is 23.2 Å². The third kappa shape index (κ3) is 2.18. The second-order valence-corrected chi connectivity index (χ2v) is 4.61. The van der Waals surface area contributed by atoms with E-state index in [9.17, 15) is 14.4 Å². The highest BCUT2D eigenvalue weighted by Gasteiger charge is 2.35. The van der Waals surface area contributed by atoms with Gasteiger partial charge in [0, 0.05) is 13.0 Å². The molecule has 18 heavy (non-hydrogen) atoms. The molecule has 1 aromatic carbocycles. The lowest BCUT2D eigenvalue weighted by molar-refractivity contribution is -0.117. The van der Waals surface area contributed by atoms with Gasteiger partial charge in [-0.25, -0.2) is 0 Å². The maximum absolute atomic E-state index is 11.8. The molecule has 0 aliphatic carbocycles. The number of carbonyl (C=O) groups excluding carboxylic acids is 3. The SMILES string of the molecule is CC(=O)CCCN1C(=O)C(=O)c2cc(C)ccc21. The van der Waals surface area contributed by atoms with Gasteiger partial charge in [-0.3, -0.25) is 9.59 Å². The standard InChI is InChI=1S/C14H15NO3/c1-9-5-6-12-11(8-9)13(17)14(18)15(12)7-3-4-10(2)16/h5-6,8H,3-4,7H2,1-2H3. The Labute approximate surface area is 106 Å². The van der Waals surface area contributed by atoms with Crippen molar-refractivity contribution in [1.82, 2.24) is 0 Å². The molecule has 1 aliphatic heterocycles. The van der Waals surface area contributed by atoms with E-state index in [2.05, 4.69) is 0 Å². The van der Waals surface area contributed by atoms with Gasteiger partial charge < -0.3 is 9.69 Å². The molecule has 94 valence electrons. The van der Waals surface area contributed by atoms with Crippen LogP contribution in [0.2, 0.25) is 0 Å². The summed E-state index contributed by atoms with van der Waals surface area (Å²) in [6.07, 6.45) is 1.01. The Hall–Kier alpha value is -1.97. The lowest BCUT2D eigenvalue weighted by atomic mass is 10.1. The van der Waals surface area contributed by atoms with E-state index < -0.39 is 11.7 Å². The highest BCUT2D eigenvalue weighted by molar-refractivity contribution is 6.52. The average molecular weight is 245 g/mol. The first-order chi connectivity index (χ1) is 8.50. The summed E-state index contributed by atoms with van der Waals surface area (Å²) in [5.74, 6) is -0.840. The number of Topliss-reactive ketones (excluding diaryl/α,β-unsaturated/α-hetero) is 2. The lowest BCUT2D eigenvalue weighted by Gasteiger charge is -2.15. The summed E-state index contributed by atoms with van der Waals surface area (Å²) in [5.41, 5.74) is 2.10. The first-order valence-electron chi connectivity index (χ1n) is 5.97. The quantitative estimate of drug-likeness (QED) is 0.761. The Bertz CT molecular complexity index is 534. The second-order valence-electron chi connectivity index (χ2n) is 4.61. The minimum atomic E-state index is -0.487. The minimum absolute atomic E-state index is 0.0945. The van der Waals surface area contributed by atoms with Gasteiger partial charge in [-0.2, -0.15) is 0 Å². The molecule has 4 heteroatoms. The highest BCUT2D eigenvalue weighted by atomic mass is 16.2. The summed E-state index contributed by atoms with van der Waals surface area (Å²) in [6, 6.07) is 5.41. The van der Waals surface area contributed by atoms with Crippen LogP contribution in [0.15, 0.2) is 18.2 Å². The van der Waals surface area contributed by atoms with E-state index in [1.54, 1.807) is 12.1 Å². The molecular weight excluding hydrogens is 230 g/mol. The summed E-state index contributed by atoms with van der Waals surface area (Å²) in [7, 11) is 0. The Kier molecular flexibility index (Phi) is 3.28. The van der Waals surface area contributed by atoms with Crippen LogP contribution in [0.25, 0.3) is 0 Å². The van der Waals surface area contributed by atoms with Gasteiger partial charge in [0.1, 0.15) is 5.78 Å². The molecule has 1 aliphatic rings. The number of amides is 1. The zero-order valence-corrected chi connectivity index (χ0v) is 10.5. The normalized spacial score (nSPS) is 14.0. The topological polar surface area (TPSA) is 54.5 Å². The van der Waals surface area contributed by atoms with E-state index in [1.807, 2.05) is 13.0 Å². The van der Waals surface area contributed by atoms with Crippen LogP contribution in [-0.4, -0.2) is 24.0 Å². The van der Waals surface area contributed by atoms with Crippen LogP contribution in [0.1, 0.15) is 35.7 Å². The molecule has 1 amide bonds. The smallest absolute Gasteiger partial charge is 0.299 e. The van der Waals surface area contributed by atoms with Gasteiger partial charge in [-0.05, 0) is 32.4 Å². The molecule has 0 saturated heterocycles. The molecule has 0 spiro atoms. The van der Waals surface area contributed by atoms with E-state index in [0.29, 0.717) is 30.6 Å². The van der Waals surface area contributed by atoms with Crippen molar-refractivity contribution in [2.75, 3.05) is 11.4 Å². The highest BCUT2D eigenvalue weighted by Crippen LogP contribution is 2.29. The summed E-state index contributed by atoms with van der Waals surface area (Å²) >= 11 is 0. The van der Waals surface area contributed by atoms with Gasteiger partial charge >= 0.3 is 0 Å². The molecule has 0 unspecified atom stereocenters. The van der Waals surface area contributed by atoms with Gasteiger partial charge in [0.2, 0.25) is 0 Å². The molecule has 0 radical (unpaired) electrons. The average Bonchev–Trinajstić information content (AvgIpc) is 2.54. The van der Waals surface area contributed by atoms with Crippen LogP contribution in [0.3, 0.4) is 0 Å². The van der Waals surface area contributed by atoms with Gasteiger partial charge in [-0.15, -0.1) is 0 Å². The van der Waals surface area contributed by atoms with E-state index in [1.165, 1.54) is 11.8 Å². The number of anilines is 1. The zero-order chi connectivity index (χ0) is 13.3. The Morgan fingerprint density at radius 1 is 1.28 bits per heavy atom. The number of nitrogens with zero attached hydrogens (tertiary/aromatic N) is 1. The number of carbonyl (C=O) groups is 3. The molecule has 1 heterocycles. The fourth-order valence-electron chi connectivity index (χ4n) is 2.12. The number of ketones is 2. The Balaban J connectivity index is 2.21. The van der Waals surface area contributed by atoms with E-state index >= 15 is 0 Å². The largest absolute Gasteiger partial charge is 0.305 e. The fourth-order valence-corrected chi connectivity index (χ4v) is 2.12. The van der Waals surface area contributed by atoms with Gasteiger partial charge in [0.25, 0.3) is 11.7 Å². The number of fused-ring (bicyclic) bond motifs is 1. The molecule has 0 atom stereocenters. The zero-order valence-electron chi connectivity index (χ0n) is 10.5. The number of aryl methyl sites for hydroxylation is 1. The number of benzene rings is 1. The van der Waals surface area contributed by atoms with E-state index in [0.717, 1.165) is 5.56 Å². The maximum atomic E-state index is 11.8. The van der Waals surface area contributed by atoms with Crippen LogP contribution in [0.4, 0.5) is 5.69 Å². The molecule has 0 saturated carbocycles.